The standard InChI is InChI=1S/C36H49N5O3/c1-32(2)26-12-15-34(4)27(33(26,3)20-24-30(32)40-23-10-8-7-9-22(23)39-24)19-25(42)29-21(11-14-35(29,34)5)36(6,44)16-13-28(43)41-31-37-17-18-38-31/h7-10,17-18,21,25-27,29,42,44H,11-16,19-20H2,1-6H3,(H2,37,38,41,43)/t21-,25+,26-,27+,29-,33-,34+,35+,36-/m0/s1. The molecule has 2 heterocycles. The Balaban J connectivity index is 1.18. The molecule has 44 heavy (non-hydrogen) atoms. The van der Waals surface area contributed by atoms with E-state index in [9.17, 15) is 15.0 Å². The Morgan fingerprint density at radius 1 is 1.05 bits per heavy atom. The molecule has 7 rings (SSSR count). The Kier molecular flexibility index (Phi) is 6.67. The van der Waals surface area contributed by atoms with Crippen LogP contribution in [0.25, 0.3) is 11.0 Å². The van der Waals surface area contributed by atoms with Crippen molar-refractivity contribution in [3.05, 3.63) is 48.0 Å². The number of nitrogens with zero attached hydrogens (tertiary/aromatic N) is 3. The number of aromatic nitrogens is 4. The monoisotopic (exact) mass is 599 g/mol. The molecule has 0 bridgehead atoms. The zero-order chi connectivity index (χ0) is 31.3. The van der Waals surface area contributed by atoms with Gasteiger partial charge < -0.3 is 15.2 Å². The zero-order valence-corrected chi connectivity index (χ0v) is 27.2. The van der Waals surface area contributed by atoms with E-state index in [-0.39, 0.29) is 45.8 Å². The number of aliphatic hydroxyl groups is 2. The molecule has 8 nitrogen and oxygen atoms in total. The number of carbonyl (C=O) groups is 1. The number of H-pyrrole nitrogens is 1. The second kappa shape index (κ2) is 9.83. The maximum atomic E-state index is 12.7. The van der Waals surface area contributed by atoms with Crippen molar-refractivity contribution >= 4 is 22.9 Å². The van der Waals surface area contributed by atoms with E-state index >= 15 is 0 Å². The predicted molar refractivity (Wildman–Crippen MR) is 171 cm³/mol. The Labute approximate surface area is 260 Å². The number of fused-ring (bicyclic) bond motifs is 7. The summed E-state index contributed by atoms with van der Waals surface area (Å²) >= 11 is 0. The van der Waals surface area contributed by atoms with Crippen LogP contribution >= 0.6 is 0 Å². The first kappa shape index (κ1) is 29.8. The minimum absolute atomic E-state index is 0.0142. The van der Waals surface area contributed by atoms with Crippen LogP contribution in [0.5, 0.6) is 0 Å². The minimum Gasteiger partial charge on any atom is -0.393 e. The highest BCUT2D eigenvalue weighted by Crippen LogP contribution is 2.75. The summed E-state index contributed by atoms with van der Waals surface area (Å²) in [7, 11) is 0. The molecule has 236 valence electrons. The third kappa shape index (κ3) is 4.15. The van der Waals surface area contributed by atoms with Gasteiger partial charge in [-0.05, 0) is 104 Å². The van der Waals surface area contributed by atoms with Gasteiger partial charge in [0.05, 0.1) is 34.1 Å². The summed E-state index contributed by atoms with van der Waals surface area (Å²) < 4.78 is 0. The van der Waals surface area contributed by atoms with Crippen LogP contribution in [0, 0.1) is 39.9 Å². The lowest BCUT2D eigenvalue weighted by molar-refractivity contribution is -0.224. The number of benzene rings is 1. The molecule has 0 radical (unpaired) electrons. The molecule has 4 N–H and O–H groups in total. The Hall–Kier alpha value is -2.84. The van der Waals surface area contributed by atoms with E-state index in [0.717, 1.165) is 60.9 Å². The lowest BCUT2D eigenvalue weighted by Gasteiger charge is -2.69. The second-order valence-corrected chi connectivity index (χ2v) is 16.2. The fraction of sp³-hybridized carbons (Fsp3) is 0.667. The van der Waals surface area contributed by atoms with Crippen molar-refractivity contribution in [1.82, 2.24) is 19.9 Å². The second-order valence-electron chi connectivity index (χ2n) is 16.2. The molecule has 1 aromatic carbocycles. The molecule has 0 spiro atoms. The summed E-state index contributed by atoms with van der Waals surface area (Å²) in [5, 5.41) is 26.8. The quantitative estimate of drug-likeness (QED) is 0.277. The Morgan fingerprint density at radius 3 is 2.45 bits per heavy atom. The van der Waals surface area contributed by atoms with E-state index in [4.69, 9.17) is 9.97 Å². The molecule has 3 saturated carbocycles. The van der Waals surface area contributed by atoms with Gasteiger partial charge in [0.2, 0.25) is 11.9 Å². The number of imidazole rings is 1. The maximum Gasteiger partial charge on any atom is 0.226 e. The molecule has 3 fully saturated rings. The van der Waals surface area contributed by atoms with Crippen LogP contribution in [0.15, 0.2) is 36.7 Å². The van der Waals surface area contributed by atoms with Crippen molar-refractivity contribution < 1.29 is 15.0 Å². The van der Waals surface area contributed by atoms with Crippen LogP contribution < -0.4 is 5.32 Å². The third-order valence-electron chi connectivity index (χ3n) is 13.7. The van der Waals surface area contributed by atoms with Crippen LogP contribution in [0.4, 0.5) is 5.95 Å². The number of anilines is 1. The molecule has 0 aliphatic heterocycles. The average Bonchev–Trinajstić information content (AvgIpc) is 3.61. The van der Waals surface area contributed by atoms with Gasteiger partial charge in [0, 0.05) is 24.2 Å². The summed E-state index contributed by atoms with van der Waals surface area (Å²) in [6.07, 6.45) is 9.00. The van der Waals surface area contributed by atoms with Gasteiger partial charge in [0.25, 0.3) is 0 Å². The van der Waals surface area contributed by atoms with Gasteiger partial charge in [-0.1, -0.05) is 46.8 Å². The fourth-order valence-corrected chi connectivity index (χ4v) is 11.5. The molecule has 1 amide bonds. The SMILES string of the molecule is CC1(C)c2nc3ccccc3nc2C[C@]2(C)[C@H]3C[C@@H](O)[C@@H]4[C@@H]([C@@](C)(O)CCC(=O)Nc5ncc[nH]5)CC[C@@]4(C)[C@]3(C)CC[C@@H]12. The number of hydrogen-bond donors (Lipinski definition) is 4. The van der Waals surface area contributed by atoms with Crippen molar-refractivity contribution in [2.24, 2.45) is 39.9 Å². The summed E-state index contributed by atoms with van der Waals surface area (Å²) in [4.78, 5) is 30.1. The van der Waals surface area contributed by atoms with Crippen LogP contribution in [0.2, 0.25) is 0 Å². The minimum atomic E-state index is -1.06. The number of para-hydroxylation sites is 2. The van der Waals surface area contributed by atoms with Gasteiger partial charge in [0.1, 0.15) is 0 Å². The number of rotatable bonds is 5. The molecule has 9 atom stereocenters. The Bertz CT molecular complexity index is 1590. The fourth-order valence-electron chi connectivity index (χ4n) is 11.5. The van der Waals surface area contributed by atoms with Crippen molar-refractivity contribution in [3.8, 4) is 0 Å². The maximum absolute atomic E-state index is 12.7. The number of nitrogens with one attached hydrogen (secondary N) is 2. The molecule has 0 saturated heterocycles. The molecule has 0 unspecified atom stereocenters. The van der Waals surface area contributed by atoms with Crippen LogP contribution in [0.1, 0.15) is 97.9 Å². The predicted octanol–water partition coefficient (Wildman–Crippen LogP) is 6.19. The summed E-state index contributed by atoms with van der Waals surface area (Å²) in [6.45, 7) is 14.0. The molecule has 3 aromatic rings. The van der Waals surface area contributed by atoms with E-state index in [1.165, 1.54) is 0 Å². The van der Waals surface area contributed by atoms with Gasteiger partial charge in [-0.25, -0.2) is 15.0 Å². The lowest BCUT2D eigenvalue weighted by Crippen LogP contribution is -2.66. The molecule has 8 heteroatoms. The highest BCUT2D eigenvalue weighted by molar-refractivity contribution is 5.88. The van der Waals surface area contributed by atoms with E-state index < -0.39 is 11.7 Å². The van der Waals surface area contributed by atoms with E-state index in [0.29, 0.717) is 24.2 Å². The number of hydrogen-bond acceptors (Lipinski definition) is 6. The van der Waals surface area contributed by atoms with Gasteiger partial charge in [-0.3, -0.25) is 10.1 Å². The number of aromatic amines is 1. The van der Waals surface area contributed by atoms with Crippen molar-refractivity contribution in [2.75, 3.05) is 5.32 Å². The largest absolute Gasteiger partial charge is 0.393 e. The molecular formula is C36H49N5O3. The first-order valence-electron chi connectivity index (χ1n) is 16.7. The van der Waals surface area contributed by atoms with E-state index in [1.54, 1.807) is 12.4 Å². The van der Waals surface area contributed by atoms with Crippen LogP contribution in [-0.2, 0) is 16.6 Å². The van der Waals surface area contributed by atoms with E-state index in [2.05, 4.69) is 62.0 Å². The smallest absolute Gasteiger partial charge is 0.226 e. The van der Waals surface area contributed by atoms with Crippen LogP contribution in [0.3, 0.4) is 0 Å². The van der Waals surface area contributed by atoms with Crippen LogP contribution in [-0.4, -0.2) is 47.8 Å². The topological polar surface area (TPSA) is 124 Å². The zero-order valence-electron chi connectivity index (χ0n) is 27.2. The van der Waals surface area contributed by atoms with Gasteiger partial charge in [-0.2, -0.15) is 0 Å². The lowest BCUT2D eigenvalue weighted by atomic mass is 9.35. The van der Waals surface area contributed by atoms with Crippen molar-refractivity contribution in [1.29, 1.82) is 0 Å². The first-order valence-corrected chi connectivity index (χ1v) is 16.7. The number of aliphatic hydroxyl groups excluding tert-OH is 1. The number of carbonyl (C=O) groups excluding carboxylic acids is 1. The highest BCUT2D eigenvalue weighted by Gasteiger charge is 2.71. The van der Waals surface area contributed by atoms with E-state index in [1.807, 2.05) is 19.1 Å². The summed E-state index contributed by atoms with van der Waals surface area (Å²) in [5.74, 6) is 0.938. The van der Waals surface area contributed by atoms with Gasteiger partial charge in [0.15, 0.2) is 0 Å². The molecular weight excluding hydrogens is 550 g/mol. The van der Waals surface area contributed by atoms with Gasteiger partial charge in [-0.15, -0.1) is 0 Å². The Morgan fingerprint density at radius 2 is 1.75 bits per heavy atom. The summed E-state index contributed by atoms with van der Waals surface area (Å²) in [6, 6.07) is 8.21. The van der Waals surface area contributed by atoms with Crippen molar-refractivity contribution in [2.45, 2.75) is 110 Å². The number of amides is 1. The highest BCUT2D eigenvalue weighted by atomic mass is 16.3. The molecule has 4 aliphatic rings. The van der Waals surface area contributed by atoms with Crippen molar-refractivity contribution in [3.63, 3.8) is 0 Å². The average molecular weight is 600 g/mol. The summed E-state index contributed by atoms with van der Waals surface area (Å²) in [5.41, 5.74) is 2.88. The normalized spacial score (nSPS) is 38.6. The van der Waals surface area contributed by atoms with Gasteiger partial charge >= 0.3 is 0 Å². The molecule has 2 aromatic heterocycles. The molecule has 4 aliphatic carbocycles. The first-order chi connectivity index (χ1) is 20.7. The third-order valence-corrected chi connectivity index (χ3v) is 13.7.